The standard InChI is InChI=1S/C7H7F4N3O/c8-6(9)7(10,11)3-12-4-1-5(15)14-13-2-4/h1-2,6H,3H2,(H2,12,14,15). The normalized spacial score (nSPS) is 11.8. The molecule has 0 bridgehead atoms. The molecule has 0 amide bonds. The first kappa shape index (κ1) is 11.5. The maximum absolute atomic E-state index is 12.4. The summed E-state index contributed by atoms with van der Waals surface area (Å²) in [6, 6.07) is 0.939. The molecule has 4 nitrogen and oxygen atoms in total. The smallest absolute Gasteiger partial charge is 0.324 e. The summed E-state index contributed by atoms with van der Waals surface area (Å²) in [5, 5.41) is 7.30. The summed E-state index contributed by atoms with van der Waals surface area (Å²) in [5.41, 5.74) is -0.653. The van der Waals surface area contributed by atoms with Gasteiger partial charge in [-0.3, -0.25) is 4.79 Å². The monoisotopic (exact) mass is 225 g/mol. The number of aromatic amines is 1. The van der Waals surface area contributed by atoms with Crippen LogP contribution in [0, 0.1) is 0 Å². The number of anilines is 1. The maximum atomic E-state index is 12.4. The lowest BCUT2D eigenvalue weighted by molar-refractivity contribution is -0.117. The van der Waals surface area contributed by atoms with Crippen LogP contribution in [0.25, 0.3) is 0 Å². The van der Waals surface area contributed by atoms with Gasteiger partial charge in [0.1, 0.15) is 0 Å². The SMILES string of the molecule is O=c1cc(NCC(F)(F)C(F)F)cn[nH]1. The lowest BCUT2D eigenvalue weighted by Gasteiger charge is -2.15. The average molecular weight is 225 g/mol. The van der Waals surface area contributed by atoms with Crippen molar-refractivity contribution in [3.8, 4) is 0 Å². The van der Waals surface area contributed by atoms with E-state index >= 15 is 0 Å². The third kappa shape index (κ3) is 3.22. The zero-order chi connectivity index (χ0) is 11.5. The molecule has 0 spiro atoms. The molecule has 1 aromatic rings. The van der Waals surface area contributed by atoms with Crippen LogP contribution in [0.3, 0.4) is 0 Å². The second-order valence-electron chi connectivity index (χ2n) is 2.75. The first-order chi connectivity index (χ1) is 6.92. The third-order valence-electron chi connectivity index (χ3n) is 1.51. The van der Waals surface area contributed by atoms with E-state index in [0.29, 0.717) is 0 Å². The van der Waals surface area contributed by atoms with Crippen molar-refractivity contribution in [2.75, 3.05) is 11.9 Å². The topological polar surface area (TPSA) is 57.8 Å². The van der Waals surface area contributed by atoms with Crippen molar-refractivity contribution in [3.05, 3.63) is 22.6 Å². The van der Waals surface area contributed by atoms with Crippen LogP contribution in [-0.4, -0.2) is 29.1 Å². The minimum absolute atomic E-state index is 0.0425. The number of hydrogen-bond acceptors (Lipinski definition) is 3. The Kier molecular flexibility index (Phi) is 3.28. The summed E-state index contributed by atoms with van der Waals surface area (Å²) < 4.78 is 48.3. The van der Waals surface area contributed by atoms with Crippen LogP contribution in [0.1, 0.15) is 0 Å². The largest absolute Gasteiger partial charge is 0.377 e. The summed E-state index contributed by atoms with van der Waals surface area (Å²) >= 11 is 0. The van der Waals surface area contributed by atoms with E-state index in [1.807, 2.05) is 10.4 Å². The van der Waals surface area contributed by atoms with Crippen molar-refractivity contribution >= 4 is 5.69 Å². The number of alkyl halides is 4. The van der Waals surface area contributed by atoms with Crippen LogP contribution in [-0.2, 0) is 0 Å². The lowest BCUT2D eigenvalue weighted by atomic mass is 10.3. The maximum Gasteiger partial charge on any atom is 0.324 e. The van der Waals surface area contributed by atoms with Crippen molar-refractivity contribution in [1.82, 2.24) is 10.2 Å². The van der Waals surface area contributed by atoms with Gasteiger partial charge in [-0.05, 0) is 0 Å². The van der Waals surface area contributed by atoms with Gasteiger partial charge in [0.05, 0.1) is 18.4 Å². The van der Waals surface area contributed by atoms with Gasteiger partial charge in [-0.2, -0.15) is 13.9 Å². The zero-order valence-corrected chi connectivity index (χ0v) is 7.31. The fourth-order valence-corrected chi connectivity index (χ4v) is 0.770. The van der Waals surface area contributed by atoms with Crippen molar-refractivity contribution in [1.29, 1.82) is 0 Å². The molecule has 0 saturated heterocycles. The Balaban J connectivity index is 2.61. The number of rotatable bonds is 4. The van der Waals surface area contributed by atoms with Crippen molar-refractivity contribution in [3.63, 3.8) is 0 Å². The van der Waals surface area contributed by atoms with E-state index in [9.17, 15) is 22.4 Å². The van der Waals surface area contributed by atoms with Gasteiger partial charge >= 0.3 is 12.3 Å². The minimum atomic E-state index is -4.14. The first-order valence-electron chi connectivity index (χ1n) is 3.86. The Morgan fingerprint density at radius 3 is 2.73 bits per heavy atom. The lowest BCUT2D eigenvalue weighted by Crippen LogP contribution is -2.35. The molecular formula is C7H7F4N3O. The average Bonchev–Trinajstić information content (AvgIpc) is 2.15. The predicted octanol–water partition coefficient (Wildman–Crippen LogP) is 1.08. The van der Waals surface area contributed by atoms with Crippen molar-refractivity contribution in [2.45, 2.75) is 12.3 Å². The molecular weight excluding hydrogens is 218 g/mol. The number of halogens is 4. The fraction of sp³-hybridized carbons (Fsp3) is 0.429. The summed E-state index contributed by atoms with van der Waals surface area (Å²) in [4.78, 5) is 10.7. The highest BCUT2D eigenvalue weighted by atomic mass is 19.3. The Morgan fingerprint density at radius 1 is 1.53 bits per heavy atom. The molecule has 15 heavy (non-hydrogen) atoms. The molecule has 0 unspecified atom stereocenters. The molecule has 0 saturated carbocycles. The molecule has 2 N–H and O–H groups in total. The predicted molar refractivity (Wildman–Crippen MR) is 44.3 cm³/mol. The molecule has 0 aromatic carbocycles. The van der Waals surface area contributed by atoms with E-state index < -0.39 is 24.5 Å². The van der Waals surface area contributed by atoms with Gasteiger partial charge in [0, 0.05) is 6.07 Å². The molecule has 0 fully saturated rings. The molecule has 1 rings (SSSR count). The Morgan fingerprint density at radius 2 is 2.20 bits per heavy atom. The summed E-state index contributed by atoms with van der Waals surface area (Å²) in [5.74, 6) is -4.14. The number of H-pyrrole nitrogens is 1. The molecule has 1 heterocycles. The van der Waals surface area contributed by atoms with Gasteiger partial charge in [-0.1, -0.05) is 0 Å². The summed E-state index contributed by atoms with van der Waals surface area (Å²) in [6.45, 7) is -1.25. The van der Waals surface area contributed by atoms with Gasteiger partial charge in [0.2, 0.25) is 0 Å². The van der Waals surface area contributed by atoms with Crippen LogP contribution in [0.15, 0.2) is 17.1 Å². The molecule has 0 aliphatic carbocycles. The summed E-state index contributed by atoms with van der Waals surface area (Å²) in [6.07, 6.45) is -2.71. The first-order valence-corrected chi connectivity index (χ1v) is 3.86. The van der Waals surface area contributed by atoms with Crippen molar-refractivity contribution < 1.29 is 17.6 Å². The Labute approximate surface area is 81.3 Å². The highest BCUT2D eigenvalue weighted by Crippen LogP contribution is 2.22. The van der Waals surface area contributed by atoms with E-state index in [-0.39, 0.29) is 5.69 Å². The van der Waals surface area contributed by atoms with Crippen LogP contribution in [0.4, 0.5) is 23.2 Å². The fourth-order valence-electron chi connectivity index (χ4n) is 0.770. The number of nitrogens with one attached hydrogen (secondary N) is 2. The number of nitrogens with zero attached hydrogens (tertiary/aromatic N) is 1. The van der Waals surface area contributed by atoms with Crippen LogP contribution < -0.4 is 10.9 Å². The molecule has 0 aliphatic rings. The van der Waals surface area contributed by atoms with Gasteiger partial charge in [0.15, 0.2) is 0 Å². The van der Waals surface area contributed by atoms with Crippen LogP contribution in [0.2, 0.25) is 0 Å². The van der Waals surface area contributed by atoms with E-state index in [1.54, 1.807) is 0 Å². The van der Waals surface area contributed by atoms with E-state index in [1.165, 1.54) is 0 Å². The molecule has 0 aliphatic heterocycles. The van der Waals surface area contributed by atoms with Crippen LogP contribution >= 0.6 is 0 Å². The van der Waals surface area contributed by atoms with Gasteiger partial charge < -0.3 is 5.32 Å². The Hall–Kier alpha value is -1.60. The second kappa shape index (κ2) is 4.28. The number of aromatic nitrogens is 2. The highest BCUT2D eigenvalue weighted by molar-refractivity contribution is 5.38. The molecule has 8 heteroatoms. The van der Waals surface area contributed by atoms with Crippen LogP contribution in [0.5, 0.6) is 0 Å². The van der Waals surface area contributed by atoms with Gasteiger partial charge in [-0.15, -0.1) is 0 Å². The quantitative estimate of drug-likeness (QED) is 0.754. The molecule has 1 aromatic heterocycles. The third-order valence-corrected chi connectivity index (χ3v) is 1.51. The van der Waals surface area contributed by atoms with Gasteiger partial charge in [0.25, 0.3) is 5.56 Å². The minimum Gasteiger partial charge on any atom is -0.377 e. The molecule has 0 radical (unpaired) electrons. The molecule has 0 atom stereocenters. The van der Waals surface area contributed by atoms with Crippen molar-refractivity contribution in [2.24, 2.45) is 0 Å². The van der Waals surface area contributed by atoms with E-state index in [4.69, 9.17) is 0 Å². The summed E-state index contributed by atoms with van der Waals surface area (Å²) in [7, 11) is 0. The van der Waals surface area contributed by atoms with Gasteiger partial charge in [-0.25, -0.2) is 13.9 Å². The molecule has 84 valence electrons. The highest BCUT2D eigenvalue weighted by Gasteiger charge is 2.40. The van der Waals surface area contributed by atoms with E-state index in [2.05, 4.69) is 5.10 Å². The Bertz CT molecular complexity index is 378. The zero-order valence-electron chi connectivity index (χ0n) is 7.31. The van der Waals surface area contributed by atoms with E-state index in [0.717, 1.165) is 12.3 Å². The number of hydrogen-bond donors (Lipinski definition) is 2. The second-order valence-corrected chi connectivity index (χ2v) is 2.75.